The number of amides is 3. The molecule has 10 nitrogen and oxygen atoms in total. The highest BCUT2D eigenvalue weighted by atomic mass is 35.5. The molecule has 4 N–H and O–H groups in total. The summed E-state index contributed by atoms with van der Waals surface area (Å²) in [5.41, 5.74) is 0.845. The Kier molecular flexibility index (Phi) is 10.6. The third-order valence-corrected chi connectivity index (χ3v) is 5.93. The molecule has 0 aliphatic carbocycles. The van der Waals surface area contributed by atoms with Gasteiger partial charge >= 0.3 is 7.12 Å². The molecule has 1 fully saturated rings. The number of nitrogens with zero attached hydrogens (tertiary/aromatic N) is 3. The SMILES string of the molecule is Cl.[2H]CC(=O)N[C@H](Cc1ccccc1)C(=O)N1CCC[C@H]1C(=O)NC(CCCn1ccnc1)B(O)O. The number of nitrogens with one attached hydrogen (secondary N) is 2. The van der Waals surface area contributed by atoms with Crippen LogP contribution in [-0.2, 0) is 27.3 Å². The molecular weight excluding hydrogens is 473 g/mol. The Morgan fingerprint density at radius 1 is 1.26 bits per heavy atom. The van der Waals surface area contributed by atoms with Crippen molar-refractivity contribution >= 4 is 37.2 Å². The van der Waals surface area contributed by atoms with Gasteiger partial charge < -0.3 is 30.1 Å². The maximum atomic E-state index is 13.4. The minimum absolute atomic E-state index is 0. The largest absolute Gasteiger partial charge is 0.475 e. The molecule has 190 valence electrons. The smallest absolute Gasteiger partial charge is 0.426 e. The minimum atomic E-state index is -1.74. The van der Waals surface area contributed by atoms with Gasteiger partial charge in [0.25, 0.3) is 0 Å². The highest BCUT2D eigenvalue weighted by Gasteiger charge is 2.39. The molecule has 0 spiro atoms. The lowest BCUT2D eigenvalue weighted by atomic mass is 9.76. The summed E-state index contributed by atoms with van der Waals surface area (Å²) in [6.07, 6.45) is 7.33. The van der Waals surface area contributed by atoms with Crippen LogP contribution in [0.1, 0.15) is 39.5 Å². The second kappa shape index (κ2) is 13.9. The number of aryl methyl sites for hydroxylation is 1. The molecule has 2 heterocycles. The molecule has 0 radical (unpaired) electrons. The summed E-state index contributed by atoms with van der Waals surface area (Å²) in [5.74, 6) is -2.30. The Labute approximate surface area is 213 Å². The molecule has 3 amide bonds. The van der Waals surface area contributed by atoms with Crippen LogP contribution < -0.4 is 10.6 Å². The molecule has 1 aromatic heterocycles. The monoisotopic (exact) mass is 506 g/mol. The van der Waals surface area contributed by atoms with Gasteiger partial charge in [-0.05, 0) is 31.2 Å². The van der Waals surface area contributed by atoms with Gasteiger partial charge in [-0.2, -0.15) is 0 Å². The van der Waals surface area contributed by atoms with Crippen LogP contribution in [0, 0.1) is 0 Å². The van der Waals surface area contributed by atoms with E-state index in [4.69, 9.17) is 1.37 Å². The lowest BCUT2D eigenvalue weighted by molar-refractivity contribution is -0.141. The van der Waals surface area contributed by atoms with Crippen molar-refractivity contribution in [2.75, 3.05) is 6.54 Å². The molecule has 12 heteroatoms. The zero-order valence-electron chi connectivity index (χ0n) is 20.5. The van der Waals surface area contributed by atoms with Gasteiger partial charge in [0, 0.05) is 40.2 Å². The van der Waals surface area contributed by atoms with Crippen molar-refractivity contribution in [3.05, 3.63) is 54.6 Å². The van der Waals surface area contributed by atoms with Crippen molar-refractivity contribution in [3.63, 3.8) is 0 Å². The molecule has 1 aliphatic heterocycles. The predicted molar refractivity (Wildman–Crippen MR) is 133 cm³/mol. The molecule has 0 saturated carbocycles. The summed E-state index contributed by atoms with van der Waals surface area (Å²) in [4.78, 5) is 43.8. The van der Waals surface area contributed by atoms with Gasteiger partial charge in [0.2, 0.25) is 17.7 Å². The van der Waals surface area contributed by atoms with E-state index in [9.17, 15) is 24.4 Å². The second-order valence-corrected chi connectivity index (χ2v) is 8.47. The van der Waals surface area contributed by atoms with E-state index in [1.54, 1.807) is 18.7 Å². The maximum absolute atomic E-state index is 13.4. The molecule has 1 aromatic carbocycles. The standard InChI is InChI=1S/C23H32BN5O5.ClH/c1-17(30)26-19(15-18-7-3-2-4-8-18)23(32)29-13-5-9-20(29)22(31)27-21(24(33)34)10-6-12-28-14-11-25-16-28;/h2-4,7-8,11,14,16,19-21,33-34H,5-6,9-10,12-13,15H2,1H3,(H,26,30)(H,27,31);1H/t19-,20+,21?;/m1./s1/i1D;. The highest BCUT2D eigenvalue weighted by Crippen LogP contribution is 2.20. The molecule has 2 aromatic rings. The zero-order valence-corrected chi connectivity index (χ0v) is 20.3. The van der Waals surface area contributed by atoms with Crippen molar-refractivity contribution in [2.45, 2.75) is 63.6 Å². The summed E-state index contributed by atoms with van der Waals surface area (Å²) in [6.45, 7) is 0.466. The van der Waals surface area contributed by atoms with Gasteiger partial charge in [0.15, 0.2) is 0 Å². The average Bonchev–Trinajstić information content (AvgIpc) is 3.55. The summed E-state index contributed by atoms with van der Waals surface area (Å²) in [7, 11) is -1.74. The molecule has 1 saturated heterocycles. The van der Waals surface area contributed by atoms with Gasteiger partial charge in [-0.1, -0.05) is 30.3 Å². The number of hydrogen-bond acceptors (Lipinski definition) is 6. The quantitative estimate of drug-likeness (QED) is 0.324. The summed E-state index contributed by atoms with van der Waals surface area (Å²) in [6, 6.07) is 7.54. The van der Waals surface area contributed by atoms with E-state index in [0.717, 1.165) is 5.56 Å². The fraction of sp³-hybridized carbons (Fsp3) is 0.478. The maximum Gasteiger partial charge on any atom is 0.475 e. The number of imidazole rings is 1. The van der Waals surface area contributed by atoms with Crippen molar-refractivity contribution in [3.8, 4) is 0 Å². The Morgan fingerprint density at radius 3 is 2.69 bits per heavy atom. The fourth-order valence-corrected chi connectivity index (χ4v) is 4.23. The summed E-state index contributed by atoms with van der Waals surface area (Å²) in [5, 5.41) is 24.9. The van der Waals surface area contributed by atoms with Crippen LogP contribution in [0.15, 0.2) is 49.1 Å². The number of rotatable bonds is 11. The van der Waals surface area contributed by atoms with Crippen molar-refractivity contribution in [1.29, 1.82) is 0 Å². The van der Waals surface area contributed by atoms with E-state index in [1.807, 2.05) is 34.9 Å². The van der Waals surface area contributed by atoms with Crippen molar-refractivity contribution < 1.29 is 25.8 Å². The number of carbonyl (C=O) groups is 3. The zero-order chi connectivity index (χ0) is 25.2. The number of halogens is 1. The molecule has 3 rings (SSSR count). The van der Waals surface area contributed by atoms with Gasteiger partial charge in [0.05, 0.1) is 12.3 Å². The third kappa shape index (κ3) is 8.38. The molecule has 1 unspecified atom stereocenters. The van der Waals surface area contributed by atoms with E-state index in [2.05, 4.69) is 15.6 Å². The van der Waals surface area contributed by atoms with Gasteiger partial charge in [-0.3, -0.25) is 14.4 Å². The Balaban J connectivity index is 0.00000456. The van der Waals surface area contributed by atoms with Gasteiger partial charge in [0.1, 0.15) is 12.1 Å². The lowest BCUT2D eigenvalue weighted by Gasteiger charge is -2.30. The van der Waals surface area contributed by atoms with E-state index < -0.39 is 49.8 Å². The van der Waals surface area contributed by atoms with E-state index in [-0.39, 0.29) is 18.8 Å². The normalized spacial score (nSPS) is 17.0. The van der Waals surface area contributed by atoms with Crippen LogP contribution in [0.5, 0.6) is 0 Å². The number of likely N-dealkylation sites (tertiary alicyclic amines) is 1. The van der Waals surface area contributed by atoms with Crippen molar-refractivity contribution in [2.24, 2.45) is 0 Å². The molecule has 35 heavy (non-hydrogen) atoms. The average molecular weight is 507 g/mol. The fourth-order valence-electron chi connectivity index (χ4n) is 4.23. The molecule has 0 bridgehead atoms. The Hall–Kier alpha value is -2.89. The first-order valence-corrected chi connectivity index (χ1v) is 11.4. The molecular formula is C23H33BClN5O5. The van der Waals surface area contributed by atoms with Crippen LogP contribution >= 0.6 is 12.4 Å². The van der Waals surface area contributed by atoms with E-state index >= 15 is 0 Å². The van der Waals surface area contributed by atoms with Crippen LogP contribution in [0.3, 0.4) is 0 Å². The van der Waals surface area contributed by atoms with Gasteiger partial charge in [-0.25, -0.2) is 4.98 Å². The lowest BCUT2D eigenvalue weighted by Crippen LogP contribution is -2.56. The predicted octanol–water partition coefficient (Wildman–Crippen LogP) is 0.320. The summed E-state index contributed by atoms with van der Waals surface area (Å²) >= 11 is 0. The Bertz CT molecular complexity index is 969. The van der Waals surface area contributed by atoms with Crippen LogP contribution in [0.25, 0.3) is 0 Å². The molecule has 1 aliphatic rings. The van der Waals surface area contributed by atoms with Crippen LogP contribution in [0.2, 0.25) is 0 Å². The number of benzene rings is 1. The van der Waals surface area contributed by atoms with E-state index in [1.165, 1.54) is 4.90 Å². The van der Waals surface area contributed by atoms with Crippen molar-refractivity contribution in [1.82, 2.24) is 25.1 Å². The van der Waals surface area contributed by atoms with Crippen LogP contribution in [-0.4, -0.2) is 73.9 Å². The second-order valence-electron chi connectivity index (χ2n) is 8.47. The highest BCUT2D eigenvalue weighted by molar-refractivity contribution is 6.43. The summed E-state index contributed by atoms with van der Waals surface area (Å²) < 4.78 is 9.16. The first-order valence-electron chi connectivity index (χ1n) is 12.1. The third-order valence-electron chi connectivity index (χ3n) is 5.93. The number of carbonyl (C=O) groups excluding carboxylic acids is 3. The first kappa shape index (κ1) is 26.7. The molecule has 3 atom stereocenters. The van der Waals surface area contributed by atoms with Crippen LogP contribution in [0.4, 0.5) is 0 Å². The van der Waals surface area contributed by atoms with E-state index in [0.29, 0.717) is 38.8 Å². The van der Waals surface area contributed by atoms with Gasteiger partial charge in [-0.15, -0.1) is 12.4 Å². The minimum Gasteiger partial charge on any atom is -0.426 e. The first-order chi connectivity index (χ1) is 16.9. The Morgan fingerprint density at radius 2 is 2.03 bits per heavy atom. The number of hydrogen-bond donors (Lipinski definition) is 4. The number of aromatic nitrogens is 2. The topological polar surface area (TPSA) is 137 Å².